The van der Waals surface area contributed by atoms with Crippen LogP contribution >= 0.6 is 0 Å². The normalized spacial score (nSPS) is 14.7. The molecule has 70 valence electrons. The molecule has 0 saturated carbocycles. The summed E-state index contributed by atoms with van der Waals surface area (Å²) in [6, 6.07) is 0. The molecule has 0 amide bonds. The van der Waals surface area contributed by atoms with E-state index in [2.05, 4.69) is 9.97 Å². The molecular weight excluding hydrogens is 170 g/mol. The number of nitrogen functional groups attached to an aromatic ring is 1. The molecule has 1 aliphatic heterocycles. The largest absolute Gasteiger partial charge is 0.368 e. The van der Waals surface area contributed by atoms with Crippen molar-refractivity contribution in [3.05, 3.63) is 10.5 Å². The van der Waals surface area contributed by atoms with Gasteiger partial charge in [0, 0.05) is 19.6 Å². The Morgan fingerprint density at radius 1 is 1.46 bits per heavy atom. The number of anilines is 2. The van der Waals surface area contributed by atoms with E-state index in [4.69, 9.17) is 5.73 Å². The summed E-state index contributed by atoms with van der Waals surface area (Å²) in [4.78, 5) is 20.9. The topological polar surface area (TPSA) is 77.0 Å². The van der Waals surface area contributed by atoms with Crippen molar-refractivity contribution in [1.82, 2.24) is 14.5 Å². The first-order valence-electron chi connectivity index (χ1n) is 4.21. The summed E-state index contributed by atoms with van der Waals surface area (Å²) in [5, 5.41) is 0. The first-order valence-corrected chi connectivity index (χ1v) is 4.21. The fraction of sp³-hybridized carbons (Fsp3) is 0.571. The Labute approximate surface area is 75.0 Å². The first-order chi connectivity index (χ1) is 6.22. The minimum absolute atomic E-state index is 0.0524. The highest BCUT2D eigenvalue weighted by Gasteiger charge is 2.20. The van der Waals surface area contributed by atoms with Crippen molar-refractivity contribution in [1.29, 1.82) is 0 Å². The second-order valence-corrected chi connectivity index (χ2v) is 2.90. The summed E-state index contributed by atoms with van der Waals surface area (Å²) in [5.74, 6) is 0.691. The monoisotopic (exact) mass is 181 g/mol. The maximum absolute atomic E-state index is 11.3. The molecule has 0 unspecified atom stereocenters. The molecule has 0 saturated heterocycles. The lowest BCUT2D eigenvalue weighted by Gasteiger charge is -2.13. The van der Waals surface area contributed by atoms with Crippen molar-refractivity contribution in [2.24, 2.45) is 0 Å². The third-order valence-corrected chi connectivity index (χ3v) is 2.16. The number of hydrogen-bond acceptors (Lipinski definition) is 5. The second-order valence-electron chi connectivity index (χ2n) is 2.90. The van der Waals surface area contributed by atoms with Crippen LogP contribution < -0.4 is 16.3 Å². The van der Waals surface area contributed by atoms with Crippen molar-refractivity contribution >= 4 is 11.9 Å². The van der Waals surface area contributed by atoms with Crippen LogP contribution in [-0.2, 0) is 6.54 Å². The zero-order valence-corrected chi connectivity index (χ0v) is 7.40. The van der Waals surface area contributed by atoms with Crippen molar-refractivity contribution in [2.75, 3.05) is 23.7 Å². The van der Waals surface area contributed by atoms with E-state index in [9.17, 15) is 4.79 Å². The van der Waals surface area contributed by atoms with Gasteiger partial charge in [0.1, 0.15) is 0 Å². The van der Waals surface area contributed by atoms with Gasteiger partial charge in [0.2, 0.25) is 11.9 Å². The molecule has 13 heavy (non-hydrogen) atoms. The third-order valence-electron chi connectivity index (χ3n) is 2.16. The summed E-state index contributed by atoms with van der Waals surface area (Å²) in [6.07, 6.45) is 0. The van der Waals surface area contributed by atoms with Gasteiger partial charge in [0.15, 0.2) is 0 Å². The van der Waals surface area contributed by atoms with Crippen LogP contribution in [0.2, 0.25) is 0 Å². The van der Waals surface area contributed by atoms with Crippen LogP contribution in [0.4, 0.5) is 11.9 Å². The number of aromatic nitrogens is 3. The molecule has 1 aromatic rings. The highest BCUT2D eigenvalue weighted by atomic mass is 16.1. The molecular formula is C7H11N5O. The van der Waals surface area contributed by atoms with Crippen LogP contribution in [0.15, 0.2) is 4.79 Å². The van der Waals surface area contributed by atoms with E-state index in [1.807, 2.05) is 11.8 Å². The number of hydrogen-bond donors (Lipinski definition) is 1. The van der Waals surface area contributed by atoms with Gasteiger partial charge in [-0.25, -0.2) is 4.79 Å². The number of likely N-dealkylation sites (N-methyl/N-ethyl adjacent to an activating group) is 1. The minimum Gasteiger partial charge on any atom is -0.368 e. The lowest BCUT2D eigenvalue weighted by Crippen LogP contribution is -2.25. The van der Waals surface area contributed by atoms with Crippen molar-refractivity contribution in [2.45, 2.75) is 13.5 Å². The highest BCUT2D eigenvalue weighted by Crippen LogP contribution is 2.14. The SMILES string of the molecule is CCN1CCn2c1nc(N)nc2=O. The third kappa shape index (κ3) is 1.14. The Bertz CT molecular complexity index is 385. The molecule has 0 atom stereocenters. The van der Waals surface area contributed by atoms with E-state index >= 15 is 0 Å². The molecule has 2 N–H and O–H groups in total. The number of nitrogens with zero attached hydrogens (tertiary/aromatic N) is 4. The maximum Gasteiger partial charge on any atom is 0.353 e. The Morgan fingerprint density at radius 3 is 2.92 bits per heavy atom. The number of rotatable bonds is 1. The molecule has 1 aliphatic rings. The van der Waals surface area contributed by atoms with Gasteiger partial charge in [-0.15, -0.1) is 0 Å². The number of fused-ring (bicyclic) bond motifs is 1. The summed E-state index contributed by atoms with van der Waals surface area (Å²) in [5.41, 5.74) is 5.08. The van der Waals surface area contributed by atoms with E-state index in [1.165, 1.54) is 0 Å². The van der Waals surface area contributed by atoms with E-state index in [0.717, 1.165) is 13.1 Å². The quantitative estimate of drug-likeness (QED) is 0.605. The molecule has 2 heterocycles. The predicted molar refractivity (Wildman–Crippen MR) is 48.6 cm³/mol. The molecule has 0 aliphatic carbocycles. The smallest absolute Gasteiger partial charge is 0.353 e. The Morgan fingerprint density at radius 2 is 2.23 bits per heavy atom. The average Bonchev–Trinajstić information content (AvgIpc) is 2.47. The molecule has 0 spiro atoms. The summed E-state index contributed by atoms with van der Waals surface area (Å²) < 4.78 is 1.54. The van der Waals surface area contributed by atoms with E-state index in [-0.39, 0.29) is 11.6 Å². The Balaban J connectivity index is 2.58. The standard InChI is InChI=1S/C7H11N5O/c1-2-11-3-4-12-6(11)9-5(8)10-7(12)13/h2-4H2,1H3,(H2,8,10,13). The Hall–Kier alpha value is -1.59. The van der Waals surface area contributed by atoms with Crippen LogP contribution in [0, 0.1) is 0 Å². The lowest BCUT2D eigenvalue weighted by molar-refractivity contribution is 0.725. The van der Waals surface area contributed by atoms with Crippen molar-refractivity contribution in [3.63, 3.8) is 0 Å². The van der Waals surface area contributed by atoms with Gasteiger partial charge in [0.05, 0.1) is 0 Å². The molecule has 0 radical (unpaired) electrons. The van der Waals surface area contributed by atoms with Gasteiger partial charge < -0.3 is 10.6 Å². The van der Waals surface area contributed by atoms with E-state index in [1.54, 1.807) is 4.57 Å². The van der Waals surface area contributed by atoms with Gasteiger partial charge in [-0.05, 0) is 6.92 Å². The maximum atomic E-state index is 11.3. The first kappa shape index (κ1) is 8.03. The average molecular weight is 181 g/mol. The van der Waals surface area contributed by atoms with Gasteiger partial charge in [-0.3, -0.25) is 4.57 Å². The molecule has 0 fully saturated rings. The van der Waals surface area contributed by atoms with Crippen LogP contribution in [0.1, 0.15) is 6.92 Å². The predicted octanol–water partition coefficient (Wildman–Crippen LogP) is -0.940. The summed E-state index contributed by atoms with van der Waals surface area (Å²) in [6.45, 7) is 4.31. The number of nitrogens with two attached hydrogens (primary N) is 1. The molecule has 1 aromatic heterocycles. The highest BCUT2D eigenvalue weighted by molar-refractivity contribution is 5.37. The molecule has 0 bridgehead atoms. The lowest BCUT2D eigenvalue weighted by atomic mass is 10.6. The fourth-order valence-electron chi connectivity index (χ4n) is 1.49. The van der Waals surface area contributed by atoms with Crippen molar-refractivity contribution in [3.8, 4) is 0 Å². The summed E-state index contributed by atoms with van der Waals surface area (Å²) >= 11 is 0. The summed E-state index contributed by atoms with van der Waals surface area (Å²) in [7, 11) is 0. The van der Waals surface area contributed by atoms with Gasteiger partial charge >= 0.3 is 5.69 Å². The van der Waals surface area contributed by atoms with Gasteiger partial charge in [0.25, 0.3) is 0 Å². The second kappa shape index (κ2) is 2.72. The van der Waals surface area contributed by atoms with E-state index in [0.29, 0.717) is 12.5 Å². The minimum atomic E-state index is -0.307. The fourth-order valence-corrected chi connectivity index (χ4v) is 1.49. The Kier molecular flexibility index (Phi) is 1.68. The van der Waals surface area contributed by atoms with Crippen molar-refractivity contribution < 1.29 is 0 Å². The van der Waals surface area contributed by atoms with E-state index < -0.39 is 0 Å². The molecule has 2 rings (SSSR count). The van der Waals surface area contributed by atoms with Crippen LogP contribution in [0.5, 0.6) is 0 Å². The molecule has 6 nitrogen and oxygen atoms in total. The van der Waals surface area contributed by atoms with Crippen LogP contribution in [0.3, 0.4) is 0 Å². The van der Waals surface area contributed by atoms with Gasteiger partial charge in [-0.1, -0.05) is 0 Å². The zero-order chi connectivity index (χ0) is 9.42. The van der Waals surface area contributed by atoms with Crippen LogP contribution in [0.25, 0.3) is 0 Å². The van der Waals surface area contributed by atoms with Crippen LogP contribution in [-0.4, -0.2) is 27.6 Å². The van der Waals surface area contributed by atoms with Gasteiger partial charge in [-0.2, -0.15) is 9.97 Å². The molecule has 6 heteroatoms. The molecule has 0 aromatic carbocycles. The zero-order valence-electron chi connectivity index (χ0n) is 7.40.